The molecule has 0 saturated heterocycles. The molecule has 1 aliphatic rings. The van der Waals surface area contributed by atoms with Gasteiger partial charge in [-0.1, -0.05) is 127 Å². The van der Waals surface area contributed by atoms with Crippen molar-refractivity contribution in [1.29, 1.82) is 0 Å². The van der Waals surface area contributed by atoms with Crippen molar-refractivity contribution in [2.75, 3.05) is 0 Å². The lowest BCUT2D eigenvalue weighted by atomic mass is 10.0. The van der Waals surface area contributed by atoms with Gasteiger partial charge in [0.1, 0.15) is 11.6 Å². The van der Waals surface area contributed by atoms with Crippen molar-refractivity contribution in [3.8, 4) is 0 Å². The maximum Gasteiger partial charge on any atom is 0.274 e. The molecular weight excluding hydrogens is 523 g/mol. The molecule has 6 aromatic carbocycles. The highest BCUT2D eigenvalue weighted by molar-refractivity contribution is 7.66. The van der Waals surface area contributed by atoms with Gasteiger partial charge >= 0.3 is 0 Å². The predicted molar refractivity (Wildman–Crippen MR) is 170 cm³/mol. The molecule has 0 unspecified atom stereocenters. The Morgan fingerprint density at radius 2 is 0.805 bits per heavy atom. The number of hydrogen-bond acceptors (Lipinski definition) is 2. The molecule has 196 valence electrons. The van der Waals surface area contributed by atoms with Crippen LogP contribution < -0.4 is 16.4 Å². The van der Waals surface area contributed by atoms with E-state index in [1.165, 1.54) is 0 Å². The van der Waals surface area contributed by atoms with Gasteiger partial charge in [0.25, 0.3) is 11.1 Å². The summed E-state index contributed by atoms with van der Waals surface area (Å²) in [6.07, 6.45) is 0. The summed E-state index contributed by atoms with van der Waals surface area (Å²) in [5, 5.41) is 6.49. The van der Waals surface area contributed by atoms with Crippen molar-refractivity contribution >= 4 is 45.5 Å². The van der Waals surface area contributed by atoms with E-state index in [4.69, 9.17) is 0 Å². The summed E-state index contributed by atoms with van der Waals surface area (Å²) in [7, 11) is -1.16. The Morgan fingerprint density at radius 1 is 0.415 bits per heavy atom. The van der Waals surface area contributed by atoms with Crippen molar-refractivity contribution < 1.29 is 0 Å². The molecule has 2 heterocycles. The van der Waals surface area contributed by atoms with Gasteiger partial charge in [-0.25, -0.2) is 9.36 Å². The Morgan fingerprint density at radius 3 is 1.29 bits per heavy atom. The molecule has 0 saturated carbocycles. The molecule has 4 nitrogen and oxygen atoms in total. The van der Waals surface area contributed by atoms with Crippen LogP contribution in [0, 0.1) is 0 Å². The first-order valence-electron chi connectivity index (χ1n) is 13.8. The molecule has 0 spiro atoms. The lowest BCUT2D eigenvalue weighted by molar-refractivity contribution is 0.496. The molecule has 8 rings (SSSR count). The molecule has 0 N–H and O–H groups in total. The fraction of sp³-hybridized carbons (Fsp3) is 0.0556. The Balaban J connectivity index is 1.57. The molecular formula is C36H25N2O2P. The molecule has 0 fully saturated rings. The van der Waals surface area contributed by atoms with Gasteiger partial charge in [-0.15, -0.1) is 0 Å². The summed E-state index contributed by atoms with van der Waals surface area (Å²) in [5.74, 6) is -0.681. The van der Waals surface area contributed by atoms with E-state index in [0.29, 0.717) is 10.8 Å². The Hall–Kier alpha value is -4.79. The van der Waals surface area contributed by atoms with Crippen molar-refractivity contribution in [3.63, 3.8) is 0 Å². The summed E-state index contributed by atoms with van der Waals surface area (Å²) < 4.78 is 3.58. The number of fused-ring (bicyclic) bond motifs is 4. The van der Waals surface area contributed by atoms with E-state index >= 15 is 0 Å². The highest BCUT2D eigenvalue weighted by Gasteiger charge is 2.46. The molecule has 0 radical (unpaired) electrons. The number of hydrogen-bond donors (Lipinski definition) is 0. The summed E-state index contributed by atoms with van der Waals surface area (Å²) in [4.78, 5) is 29.0. The fourth-order valence-corrected chi connectivity index (χ4v) is 9.82. The Labute approximate surface area is 237 Å². The average molecular weight is 549 g/mol. The molecule has 0 aliphatic carbocycles. The third-order valence-corrected chi connectivity index (χ3v) is 11.2. The zero-order valence-electron chi connectivity index (χ0n) is 22.1. The van der Waals surface area contributed by atoms with Crippen LogP contribution in [0.4, 0.5) is 0 Å². The second-order valence-electron chi connectivity index (χ2n) is 10.5. The fourth-order valence-electron chi connectivity index (χ4n) is 6.52. The number of benzene rings is 6. The lowest BCUT2D eigenvalue weighted by Crippen LogP contribution is -2.37. The minimum Gasteiger partial charge on any atom is -0.267 e. The summed E-state index contributed by atoms with van der Waals surface area (Å²) >= 11 is 0. The van der Waals surface area contributed by atoms with Crippen LogP contribution in [-0.4, -0.2) is 9.36 Å². The molecule has 0 amide bonds. The minimum absolute atomic E-state index is 0.135. The van der Waals surface area contributed by atoms with E-state index in [-0.39, 0.29) is 22.7 Å². The van der Waals surface area contributed by atoms with Gasteiger partial charge in [0.2, 0.25) is 0 Å². The van der Waals surface area contributed by atoms with Gasteiger partial charge in [0, 0.05) is 0 Å². The van der Waals surface area contributed by atoms with E-state index < -0.39 is 7.92 Å². The van der Waals surface area contributed by atoms with Crippen LogP contribution in [0.15, 0.2) is 149 Å². The Kier molecular flexibility index (Phi) is 5.51. The quantitative estimate of drug-likeness (QED) is 0.216. The smallest absolute Gasteiger partial charge is 0.267 e. The van der Waals surface area contributed by atoms with E-state index in [1.54, 1.807) is 21.5 Å². The van der Waals surface area contributed by atoms with E-state index in [0.717, 1.165) is 38.0 Å². The molecule has 5 heteroatoms. The first-order valence-corrected chi connectivity index (χ1v) is 15.2. The van der Waals surface area contributed by atoms with Gasteiger partial charge in [-0.2, -0.15) is 0 Å². The molecule has 1 aromatic heterocycles. The first kappa shape index (κ1) is 24.0. The number of nitrogens with zero attached hydrogens (tertiary/aromatic N) is 2. The second kappa shape index (κ2) is 9.40. The van der Waals surface area contributed by atoms with E-state index in [9.17, 15) is 9.59 Å². The predicted octanol–water partition coefficient (Wildman–Crippen LogP) is 7.38. The molecule has 41 heavy (non-hydrogen) atoms. The summed E-state index contributed by atoms with van der Waals surface area (Å²) in [6.45, 7) is 0. The van der Waals surface area contributed by atoms with Crippen molar-refractivity contribution in [3.05, 3.63) is 171 Å². The van der Waals surface area contributed by atoms with Crippen molar-refractivity contribution in [2.45, 2.75) is 11.6 Å². The van der Waals surface area contributed by atoms with Crippen LogP contribution in [-0.2, 0) is 0 Å². The summed E-state index contributed by atoms with van der Waals surface area (Å²) in [6, 6.07) is 46.9. The van der Waals surface area contributed by atoms with Gasteiger partial charge in [-0.05, 0) is 58.0 Å². The van der Waals surface area contributed by atoms with Gasteiger partial charge in [0.05, 0.1) is 10.8 Å². The first-order chi connectivity index (χ1) is 20.2. The zero-order chi connectivity index (χ0) is 27.5. The second-order valence-corrected chi connectivity index (χ2v) is 12.8. The monoisotopic (exact) mass is 548 g/mol. The number of aromatic nitrogens is 2. The standard InChI is InChI=1S/C36H25N2O2P/c39-33-29-20-8-9-21-30(29)34(40)38-36(32-23-11-15-25-13-5-7-19-28(25)32)41(26-16-2-1-3-17-26)35(37(33)38)31-22-10-14-24-12-4-6-18-27(24)31/h1-23,35-36H/t35-,36-/m1/s1. The zero-order valence-corrected chi connectivity index (χ0v) is 23.0. The molecule has 2 atom stereocenters. The minimum atomic E-state index is -1.16. The van der Waals surface area contributed by atoms with Crippen LogP contribution in [0.2, 0.25) is 0 Å². The largest absolute Gasteiger partial charge is 0.274 e. The molecule has 0 bridgehead atoms. The topological polar surface area (TPSA) is 44.0 Å². The van der Waals surface area contributed by atoms with Crippen LogP contribution in [0.3, 0.4) is 0 Å². The highest BCUT2D eigenvalue weighted by atomic mass is 31.1. The number of rotatable bonds is 3. The lowest BCUT2D eigenvalue weighted by Gasteiger charge is -2.27. The van der Waals surface area contributed by atoms with Gasteiger partial charge in [0.15, 0.2) is 0 Å². The third-order valence-electron chi connectivity index (χ3n) is 8.28. The molecule has 1 aliphatic heterocycles. The van der Waals surface area contributed by atoms with Crippen LogP contribution in [0.1, 0.15) is 22.7 Å². The van der Waals surface area contributed by atoms with E-state index in [2.05, 4.69) is 84.9 Å². The van der Waals surface area contributed by atoms with Crippen LogP contribution >= 0.6 is 7.92 Å². The SMILES string of the molecule is O=c1c2ccccc2c(=O)n2n1[C@@H](c1cccc3ccccc13)P(c1ccccc1)[C@@H]2c1cccc2ccccc12. The summed E-state index contributed by atoms with van der Waals surface area (Å²) in [5.41, 5.74) is 1.85. The van der Waals surface area contributed by atoms with Crippen LogP contribution in [0.25, 0.3) is 32.3 Å². The van der Waals surface area contributed by atoms with E-state index in [1.807, 2.05) is 42.5 Å². The maximum absolute atomic E-state index is 14.5. The highest BCUT2D eigenvalue weighted by Crippen LogP contribution is 2.66. The maximum atomic E-state index is 14.5. The Bertz CT molecular complexity index is 2090. The van der Waals surface area contributed by atoms with Crippen molar-refractivity contribution in [1.82, 2.24) is 9.36 Å². The van der Waals surface area contributed by atoms with Gasteiger partial charge in [-0.3, -0.25) is 9.59 Å². The van der Waals surface area contributed by atoms with Gasteiger partial charge < -0.3 is 0 Å². The van der Waals surface area contributed by atoms with Crippen molar-refractivity contribution in [2.24, 2.45) is 0 Å². The molecule has 7 aromatic rings. The average Bonchev–Trinajstić information content (AvgIpc) is 3.40. The van der Waals surface area contributed by atoms with Crippen LogP contribution in [0.5, 0.6) is 0 Å². The normalized spacial score (nSPS) is 16.9. The third kappa shape index (κ3) is 3.58.